The Morgan fingerprint density at radius 2 is 2.09 bits per heavy atom. The first-order valence-corrected chi connectivity index (χ1v) is 4.70. The normalized spacial score (nSPS) is 13.9. The van der Waals surface area contributed by atoms with E-state index < -0.39 is 0 Å². The van der Waals surface area contributed by atoms with Gasteiger partial charge in [-0.2, -0.15) is 0 Å². The topological polar surface area (TPSA) is 38.9 Å². The van der Waals surface area contributed by atoms with Gasteiger partial charge in [0, 0.05) is 17.3 Å². The van der Waals surface area contributed by atoms with Crippen LogP contribution in [0.2, 0.25) is 0 Å². The smallest absolute Gasteiger partial charge is 0.0954 e. The zero-order valence-electron chi connectivity index (χ0n) is 7.16. The Morgan fingerprint density at radius 3 is 2.36 bits per heavy atom. The van der Waals surface area contributed by atoms with Gasteiger partial charge in [0.2, 0.25) is 0 Å². The van der Waals surface area contributed by atoms with Crippen LogP contribution in [0.3, 0.4) is 0 Å². The second-order valence-electron chi connectivity index (χ2n) is 3.05. The molecule has 0 aromatic carbocycles. The Morgan fingerprint density at radius 1 is 1.45 bits per heavy atom. The van der Waals surface area contributed by atoms with Crippen LogP contribution in [-0.2, 0) is 0 Å². The lowest BCUT2D eigenvalue weighted by atomic mass is 10.2. The molecule has 0 radical (unpaired) electrons. The summed E-state index contributed by atoms with van der Waals surface area (Å²) in [6.45, 7) is 6.24. The highest BCUT2D eigenvalue weighted by molar-refractivity contribution is 7.09. The Balaban J connectivity index is 2.82. The average Bonchev–Trinajstić information content (AvgIpc) is 2.33. The molecule has 1 aromatic heterocycles. The minimum absolute atomic E-state index is 0.0683. The maximum atomic E-state index is 5.67. The van der Waals surface area contributed by atoms with Crippen molar-refractivity contribution in [2.75, 3.05) is 0 Å². The monoisotopic (exact) mass is 170 g/mol. The molecule has 1 atom stereocenters. The van der Waals surface area contributed by atoms with Crippen molar-refractivity contribution in [3.05, 3.63) is 16.1 Å². The molecule has 2 N–H and O–H groups in total. The maximum Gasteiger partial charge on any atom is 0.0954 e. The Kier molecular flexibility index (Phi) is 2.62. The van der Waals surface area contributed by atoms with E-state index in [1.54, 1.807) is 11.3 Å². The number of hydrogen-bond acceptors (Lipinski definition) is 3. The lowest BCUT2D eigenvalue weighted by molar-refractivity contribution is 0.765. The van der Waals surface area contributed by atoms with Crippen molar-refractivity contribution >= 4 is 11.3 Å². The quantitative estimate of drug-likeness (QED) is 0.739. The van der Waals surface area contributed by atoms with E-state index in [0.717, 1.165) is 5.69 Å². The second kappa shape index (κ2) is 3.32. The molecule has 0 saturated carbocycles. The molecule has 0 spiro atoms. The molecule has 62 valence electrons. The van der Waals surface area contributed by atoms with Gasteiger partial charge in [-0.1, -0.05) is 13.8 Å². The van der Waals surface area contributed by atoms with Crippen LogP contribution in [0.25, 0.3) is 0 Å². The minimum Gasteiger partial charge on any atom is -0.323 e. The molecule has 0 unspecified atom stereocenters. The standard InChI is InChI=1S/C8H14N2S/c1-5(2)8-10-7(4-11-8)6(3)9/h4-6H,9H2,1-3H3/t6-/m1/s1. The number of nitrogens with two attached hydrogens (primary N) is 1. The van der Waals surface area contributed by atoms with Crippen LogP contribution < -0.4 is 5.73 Å². The lowest BCUT2D eigenvalue weighted by Gasteiger charge is -1.99. The molecule has 0 aliphatic rings. The van der Waals surface area contributed by atoms with Crippen LogP contribution in [0.5, 0.6) is 0 Å². The molecule has 2 nitrogen and oxygen atoms in total. The predicted octanol–water partition coefficient (Wildman–Crippen LogP) is 2.29. The molecule has 0 aliphatic carbocycles. The first-order valence-electron chi connectivity index (χ1n) is 3.82. The van der Waals surface area contributed by atoms with Crippen molar-refractivity contribution in [2.45, 2.75) is 32.7 Å². The Labute approximate surface area is 71.5 Å². The van der Waals surface area contributed by atoms with E-state index >= 15 is 0 Å². The number of nitrogens with zero attached hydrogens (tertiary/aromatic N) is 1. The first kappa shape index (κ1) is 8.68. The molecular weight excluding hydrogens is 156 g/mol. The lowest BCUT2D eigenvalue weighted by Crippen LogP contribution is -2.05. The van der Waals surface area contributed by atoms with Crippen LogP contribution in [-0.4, -0.2) is 4.98 Å². The van der Waals surface area contributed by atoms with Gasteiger partial charge >= 0.3 is 0 Å². The van der Waals surface area contributed by atoms with Crippen LogP contribution in [0.4, 0.5) is 0 Å². The third-order valence-electron chi connectivity index (χ3n) is 1.50. The van der Waals surface area contributed by atoms with Crippen molar-refractivity contribution in [3.63, 3.8) is 0 Å². The molecule has 1 aromatic rings. The van der Waals surface area contributed by atoms with E-state index in [9.17, 15) is 0 Å². The van der Waals surface area contributed by atoms with Crippen molar-refractivity contribution in [1.29, 1.82) is 0 Å². The van der Waals surface area contributed by atoms with Gasteiger partial charge in [-0.05, 0) is 6.92 Å². The number of hydrogen-bond donors (Lipinski definition) is 1. The van der Waals surface area contributed by atoms with Gasteiger partial charge in [0.25, 0.3) is 0 Å². The SMILES string of the molecule is CC(C)c1nc([C@@H](C)N)cs1. The molecule has 0 saturated heterocycles. The molecular formula is C8H14N2S. The molecule has 3 heteroatoms. The van der Waals surface area contributed by atoms with Gasteiger partial charge < -0.3 is 5.73 Å². The number of aromatic nitrogens is 1. The summed E-state index contributed by atoms with van der Waals surface area (Å²) in [5.41, 5.74) is 6.68. The Bertz CT molecular complexity index is 205. The zero-order chi connectivity index (χ0) is 8.43. The highest BCUT2D eigenvalue weighted by Gasteiger charge is 2.07. The van der Waals surface area contributed by atoms with Gasteiger partial charge in [0.1, 0.15) is 0 Å². The van der Waals surface area contributed by atoms with E-state index in [4.69, 9.17) is 5.73 Å². The maximum absolute atomic E-state index is 5.67. The number of thiazole rings is 1. The molecule has 1 rings (SSSR count). The van der Waals surface area contributed by atoms with Crippen molar-refractivity contribution < 1.29 is 0 Å². The molecule has 0 amide bonds. The van der Waals surface area contributed by atoms with E-state index in [1.165, 1.54) is 5.01 Å². The molecule has 0 bridgehead atoms. The summed E-state index contributed by atoms with van der Waals surface area (Å²) in [6, 6.07) is 0.0683. The molecule has 11 heavy (non-hydrogen) atoms. The predicted molar refractivity (Wildman–Crippen MR) is 48.8 cm³/mol. The van der Waals surface area contributed by atoms with E-state index in [1.807, 2.05) is 12.3 Å². The summed E-state index contributed by atoms with van der Waals surface area (Å²) in [5, 5.41) is 3.22. The van der Waals surface area contributed by atoms with Gasteiger partial charge in [0.05, 0.1) is 10.7 Å². The third-order valence-corrected chi connectivity index (χ3v) is 2.66. The largest absolute Gasteiger partial charge is 0.323 e. The zero-order valence-corrected chi connectivity index (χ0v) is 7.98. The van der Waals surface area contributed by atoms with E-state index in [-0.39, 0.29) is 6.04 Å². The fourth-order valence-electron chi connectivity index (χ4n) is 0.775. The van der Waals surface area contributed by atoms with Gasteiger partial charge in [-0.3, -0.25) is 0 Å². The van der Waals surface area contributed by atoms with Crippen LogP contribution in [0, 0.1) is 0 Å². The molecule has 1 heterocycles. The van der Waals surface area contributed by atoms with Gasteiger partial charge in [0.15, 0.2) is 0 Å². The summed E-state index contributed by atoms with van der Waals surface area (Å²) in [5.74, 6) is 0.521. The summed E-state index contributed by atoms with van der Waals surface area (Å²) in [4.78, 5) is 4.40. The third kappa shape index (κ3) is 2.01. The summed E-state index contributed by atoms with van der Waals surface area (Å²) in [6.07, 6.45) is 0. The summed E-state index contributed by atoms with van der Waals surface area (Å²) >= 11 is 1.69. The summed E-state index contributed by atoms with van der Waals surface area (Å²) < 4.78 is 0. The summed E-state index contributed by atoms with van der Waals surface area (Å²) in [7, 11) is 0. The number of rotatable bonds is 2. The van der Waals surface area contributed by atoms with Crippen LogP contribution in [0.15, 0.2) is 5.38 Å². The minimum atomic E-state index is 0.0683. The van der Waals surface area contributed by atoms with Gasteiger partial charge in [-0.15, -0.1) is 11.3 Å². The fourth-order valence-corrected chi connectivity index (χ4v) is 1.71. The highest BCUT2D eigenvalue weighted by atomic mass is 32.1. The average molecular weight is 170 g/mol. The van der Waals surface area contributed by atoms with Crippen molar-refractivity contribution in [3.8, 4) is 0 Å². The molecule has 0 aliphatic heterocycles. The highest BCUT2D eigenvalue weighted by Crippen LogP contribution is 2.21. The van der Waals surface area contributed by atoms with E-state index in [0.29, 0.717) is 5.92 Å². The van der Waals surface area contributed by atoms with E-state index in [2.05, 4.69) is 18.8 Å². The van der Waals surface area contributed by atoms with Crippen LogP contribution >= 0.6 is 11.3 Å². The molecule has 0 fully saturated rings. The fraction of sp³-hybridized carbons (Fsp3) is 0.625. The second-order valence-corrected chi connectivity index (χ2v) is 3.94. The van der Waals surface area contributed by atoms with Crippen molar-refractivity contribution in [1.82, 2.24) is 4.98 Å². The van der Waals surface area contributed by atoms with Crippen LogP contribution in [0.1, 0.15) is 43.4 Å². The Hall–Kier alpha value is -0.410. The van der Waals surface area contributed by atoms with Crippen molar-refractivity contribution in [2.24, 2.45) is 5.73 Å². The van der Waals surface area contributed by atoms with Gasteiger partial charge in [-0.25, -0.2) is 4.98 Å². The first-order chi connectivity index (χ1) is 5.11.